The molecule has 29 heavy (non-hydrogen) atoms. The standard InChI is InChI=1S/C20H42N2O6S/c1-16(2,20(9,10)15(23)24)13-18(5,6)27-12-11-17(3,4)22-29(25,26)19(7,8)14-28-21/h22H,11-14,21H2,1-10H3,(H,23,24). The minimum atomic E-state index is -3.68. The molecular formula is C20H42N2O6S. The van der Waals surface area contributed by atoms with Gasteiger partial charge in [0.2, 0.25) is 10.0 Å². The fraction of sp³-hybridized carbons (Fsp3) is 0.950. The normalized spacial score (nSPS) is 14.9. The first-order valence-corrected chi connectivity index (χ1v) is 11.3. The summed E-state index contributed by atoms with van der Waals surface area (Å²) in [6.45, 7) is 18.0. The van der Waals surface area contributed by atoms with E-state index in [4.69, 9.17) is 10.6 Å². The van der Waals surface area contributed by atoms with Crippen LogP contribution in [0.2, 0.25) is 0 Å². The molecule has 0 unspecified atom stereocenters. The van der Waals surface area contributed by atoms with Gasteiger partial charge in [0, 0.05) is 12.1 Å². The van der Waals surface area contributed by atoms with E-state index in [1.54, 1.807) is 41.5 Å². The lowest BCUT2D eigenvalue weighted by Crippen LogP contribution is -2.53. The number of ether oxygens (including phenoxy) is 1. The van der Waals surface area contributed by atoms with Crippen molar-refractivity contribution in [3.8, 4) is 0 Å². The fourth-order valence-electron chi connectivity index (χ4n) is 3.04. The van der Waals surface area contributed by atoms with Gasteiger partial charge in [0.05, 0.1) is 17.6 Å². The van der Waals surface area contributed by atoms with Crippen molar-refractivity contribution in [3.05, 3.63) is 0 Å². The molecule has 4 N–H and O–H groups in total. The van der Waals surface area contributed by atoms with Gasteiger partial charge in [-0.3, -0.25) is 4.79 Å². The Kier molecular flexibility index (Phi) is 8.94. The molecule has 0 aromatic rings. The maximum Gasteiger partial charge on any atom is 0.309 e. The second-order valence-electron chi connectivity index (χ2n) is 10.9. The molecule has 0 fully saturated rings. The summed E-state index contributed by atoms with van der Waals surface area (Å²) in [6, 6.07) is 0. The Labute approximate surface area is 176 Å². The molecule has 0 spiro atoms. The number of carboxylic acid groups (broad SMARTS) is 1. The minimum Gasteiger partial charge on any atom is -0.481 e. The average Bonchev–Trinajstić information content (AvgIpc) is 2.43. The molecule has 0 heterocycles. The molecule has 0 bridgehead atoms. The Bertz CT molecular complexity index is 666. The molecule has 0 saturated heterocycles. The van der Waals surface area contributed by atoms with Crippen LogP contribution in [-0.4, -0.2) is 48.6 Å². The summed E-state index contributed by atoms with van der Waals surface area (Å²) in [4.78, 5) is 16.2. The third-order valence-electron chi connectivity index (χ3n) is 5.88. The molecule has 0 atom stereocenters. The molecule has 0 radical (unpaired) electrons. The molecule has 0 aromatic heterocycles. The first-order valence-electron chi connectivity index (χ1n) is 9.85. The number of nitrogens with one attached hydrogen (secondary N) is 1. The van der Waals surface area contributed by atoms with Crippen molar-refractivity contribution in [2.24, 2.45) is 16.7 Å². The van der Waals surface area contributed by atoms with Gasteiger partial charge in [-0.15, -0.1) is 0 Å². The number of carboxylic acids is 1. The molecule has 9 heteroatoms. The van der Waals surface area contributed by atoms with Gasteiger partial charge in [-0.1, -0.05) is 13.8 Å². The van der Waals surface area contributed by atoms with Crippen molar-refractivity contribution >= 4 is 16.0 Å². The highest BCUT2D eigenvalue weighted by Crippen LogP contribution is 2.45. The quantitative estimate of drug-likeness (QED) is 0.377. The third-order valence-corrected chi connectivity index (χ3v) is 8.28. The predicted octanol–water partition coefficient (Wildman–Crippen LogP) is 3.07. The average molecular weight is 439 g/mol. The van der Waals surface area contributed by atoms with Crippen LogP contribution >= 0.6 is 0 Å². The second-order valence-corrected chi connectivity index (χ2v) is 13.2. The van der Waals surface area contributed by atoms with E-state index < -0.39 is 42.7 Å². The number of hydrogen-bond donors (Lipinski definition) is 3. The lowest BCUT2D eigenvalue weighted by atomic mass is 9.63. The first-order chi connectivity index (χ1) is 12.6. The SMILES string of the molecule is CC(C)(CCOC(C)(C)CC(C)(C)C(C)(C)C(=O)O)NS(=O)(=O)C(C)(C)CON. The third kappa shape index (κ3) is 7.79. The van der Waals surface area contributed by atoms with Crippen LogP contribution in [0.3, 0.4) is 0 Å². The van der Waals surface area contributed by atoms with Crippen LogP contribution < -0.4 is 10.6 Å². The minimum absolute atomic E-state index is 0.129. The maximum atomic E-state index is 12.6. The van der Waals surface area contributed by atoms with E-state index in [2.05, 4.69) is 9.56 Å². The highest BCUT2D eigenvalue weighted by molar-refractivity contribution is 7.90. The summed E-state index contributed by atoms with van der Waals surface area (Å²) >= 11 is 0. The lowest BCUT2D eigenvalue weighted by molar-refractivity contribution is -0.157. The number of hydrogen-bond acceptors (Lipinski definition) is 6. The van der Waals surface area contributed by atoms with Crippen molar-refractivity contribution in [1.82, 2.24) is 4.72 Å². The van der Waals surface area contributed by atoms with Gasteiger partial charge in [-0.2, -0.15) is 0 Å². The van der Waals surface area contributed by atoms with Crippen LogP contribution in [0, 0.1) is 10.8 Å². The zero-order valence-corrected chi connectivity index (χ0v) is 20.6. The number of nitrogens with two attached hydrogens (primary N) is 1. The molecule has 8 nitrogen and oxygen atoms in total. The molecule has 174 valence electrons. The molecule has 0 rings (SSSR count). The smallest absolute Gasteiger partial charge is 0.309 e. The fourth-order valence-corrected chi connectivity index (χ4v) is 4.37. The molecule has 0 aromatic carbocycles. The van der Waals surface area contributed by atoms with Crippen molar-refractivity contribution in [2.45, 2.75) is 98.0 Å². The summed E-state index contributed by atoms with van der Waals surface area (Å²) < 4.78 is 32.9. The number of rotatable bonds is 13. The monoisotopic (exact) mass is 438 g/mol. The predicted molar refractivity (Wildman–Crippen MR) is 115 cm³/mol. The molecule has 0 aliphatic rings. The van der Waals surface area contributed by atoms with Gasteiger partial charge in [0.25, 0.3) is 0 Å². The summed E-state index contributed by atoms with van der Waals surface area (Å²) in [7, 11) is -3.68. The van der Waals surface area contributed by atoms with Gasteiger partial charge in [0.15, 0.2) is 0 Å². The van der Waals surface area contributed by atoms with E-state index in [0.717, 1.165) is 0 Å². The Hall–Kier alpha value is -0.740. The van der Waals surface area contributed by atoms with E-state index in [-0.39, 0.29) is 6.61 Å². The summed E-state index contributed by atoms with van der Waals surface area (Å²) in [5.74, 6) is 4.20. The van der Waals surface area contributed by atoms with Crippen molar-refractivity contribution < 1.29 is 27.9 Å². The number of carbonyl (C=O) groups is 1. The maximum absolute atomic E-state index is 12.6. The van der Waals surface area contributed by atoms with Crippen LogP contribution in [0.25, 0.3) is 0 Å². The Morgan fingerprint density at radius 1 is 1.00 bits per heavy atom. The van der Waals surface area contributed by atoms with Gasteiger partial charge >= 0.3 is 5.97 Å². The summed E-state index contributed by atoms with van der Waals surface area (Å²) in [5, 5.41) is 9.55. The molecule has 0 amide bonds. The van der Waals surface area contributed by atoms with Crippen molar-refractivity contribution in [3.63, 3.8) is 0 Å². The van der Waals surface area contributed by atoms with Gasteiger partial charge in [-0.25, -0.2) is 19.0 Å². The second kappa shape index (κ2) is 9.18. The van der Waals surface area contributed by atoms with Crippen LogP contribution in [0.4, 0.5) is 0 Å². The van der Waals surface area contributed by atoms with E-state index in [9.17, 15) is 18.3 Å². The Morgan fingerprint density at radius 3 is 1.90 bits per heavy atom. The number of aliphatic carboxylic acids is 1. The molecular weight excluding hydrogens is 396 g/mol. The van der Waals surface area contributed by atoms with Gasteiger partial charge < -0.3 is 14.7 Å². The van der Waals surface area contributed by atoms with E-state index >= 15 is 0 Å². The molecule has 0 saturated carbocycles. The summed E-state index contributed by atoms with van der Waals surface area (Å²) in [6.07, 6.45) is 0.976. The van der Waals surface area contributed by atoms with Crippen LogP contribution in [0.5, 0.6) is 0 Å². The van der Waals surface area contributed by atoms with Crippen LogP contribution in [-0.2, 0) is 24.4 Å². The largest absolute Gasteiger partial charge is 0.481 e. The zero-order valence-electron chi connectivity index (χ0n) is 19.8. The Morgan fingerprint density at radius 2 is 1.48 bits per heavy atom. The highest BCUT2D eigenvalue weighted by atomic mass is 32.2. The van der Waals surface area contributed by atoms with E-state index in [1.165, 1.54) is 0 Å². The van der Waals surface area contributed by atoms with Crippen molar-refractivity contribution in [1.29, 1.82) is 0 Å². The van der Waals surface area contributed by atoms with Gasteiger partial charge in [-0.05, 0) is 73.6 Å². The van der Waals surface area contributed by atoms with E-state index in [1.807, 2.05) is 27.7 Å². The molecule has 0 aliphatic carbocycles. The topological polar surface area (TPSA) is 128 Å². The molecule has 0 aliphatic heterocycles. The first kappa shape index (κ1) is 28.3. The zero-order chi connectivity index (χ0) is 23.5. The van der Waals surface area contributed by atoms with Crippen LogP contribution in [0.15, 0.2) is 0 Å². The van der Waals surface area contributed by atoms with Crippen LogP contribution in [0.1, 0.15) is 82.1 Å². The Balaban J connectivity index is 5.02. The highest BCUT2D eigenvalue weighted by Gasteiger charge is 2.46. The van der Waals surface area contributed by atoms with E-state index in [0.29, 0.717) is 19.4 Å². The lowest BCUT2D eigenvalue weighted by Gasteiger charge is -2.43. The number of sulfonamides is 1. The van der Waals surface area contributed by atoms with Gasteiger partial charge in [0.1, 0.15) is 4.75 Å². The summed E-state index contributed by atoms with van der Waals surface area (Å²) in [5.41, 5.74) is -2.74. The van der Waals surface area contributed by atoms with Crippen molar-refractivity contribution in [2.75, 3.05) is 13.2 Å².